The standard InChI is InChI=1S/C8H13N3O/c1-6(12)9-7-2-4-8(5-3-7)10-11-8/h7H,2-5H2,1H3,(H,9,12). The van der Waals surface area contributed by atoms with Crippen LogP contribution in [0.1, 0.15) is 32.6 Å². The molecule has 0 atom stereocenters. The van der Waals surface area contributed by atoms with E-state index in [2.05, 4.69) is 15.5 Å². The Kier molecular flexibility index (Phi) is 1.63. The lowest BCUT2D eigenvalue weighted by atomic mass is 9.88. The molecule has 0 radical (unpaired) electrons. The molecule has 0 aromatic rings. The molecule has 12 heavy (non-hydrogen) atoms. The number of carbonyl (C=O) groups excluding carboxylic acids is 1. The van der Waals surface area contributed by atoms with Gasteiger partial charge in [0.2, 0.25) is 5.91 Å². The van der Waals surface area contributed by atoms with Gasteiger partial charge in [0, 0.05) is 13.0 Å². The van der Waals surface area contributed by atoms with Crippen molar-refractivity contribution in [1.29, 1.82) is 0 Å². The molecule has 0 aromatic heterocycles. The Morgan fingerprint density at radius 2 is 2.00 bits per heavy atom. The van der Waals surface area contributed by atoms with Crippen molar-refractivity contribution >= 4 is 5.91 Å². The zero-order chi connectivity index (χ0) is 8.60. The second kappa shape index (κ2) is 2.54. The van der Waals surface area contributed by atoms with Crippen LogP contribution in [0.15, 0.2) is 10.2 Å². The largest absolute Gasteiger partial charge is 0.354 e. The maximum absolute atomic E-state index is 10.7. The van der Waals surface area contributed by atoms with Crippen molar-refractivity contribution in [2.24, 2.45) is 10.2 Å². The molecule has 1 fully saturated rings. The molecule has 2 rings (SSSR count). The van der Waals surface area contributed by atoms with Crippen molar-refractivity contribution in [3.8, 4) is 0 Å². The number of nitrogens with zero attached hydrogens (tertiary/aromatic N) is 2. The van der Waals surface area contributed by atoms with Crippen molar-refractivity contribution in [2.45, 2.75) is 44.3 Å². The highest BCUT2D eigenvalue weighted by Gasteiger charge is 2.43. The third-order valence-electron chi connectivity index (χ3n) is 2.58. The third kappa shape index (κ3) is 1.47. The molecular weight excluding hydrogens is 154 g/mol. The Morgan fingerprint density at radius 3 is 2.42 bits per heavy atom. The van der Waals surface area contributed by atoms with E-state index >= 15 is 0 Å². The van der Waals surface area contributed by atoms with Crippen LogP contribution in [0.5, 0.6) is 0 Å². The summed E-state index contributed by atoms with van der Waals surface area (Å²) in [6.45, 7) is 1.57. The molecule has 4 heteroatoms. The highest BCUT2D eigenvalue weighted by molar-refractivity contribution is 5.73. The summed E-state index contributed by atoms with van der Waals surface area (Å²) in [5, 5.41) is 11.0. The minimum Gasteiger partial charge on any atom is -0.354 e. The van der Waals surface area contributed by atoms with E-state index in [1.807, 2.05) is 0 Å². The molecule has 0 saturated heterocycles. The molecule has 1 aliphatic heterocycles. The third-order valence-corrected chi connectivity index (χ3v) is 2.58. The lowest BCUT2D eigenvalue weighted by Gasteiger charge is -2.25. The van der Waals surface area contributed by atoms with Gasteiger partial charge in [0.25, 0.3) is 0 Å². The van der Waals surface area contributed by atoms with Gasteiger partial charge in [-0.15, -0.1) is 0 Å². The smallest absolute Gasteiger partial charge is 0.217 e. The molecular formula is C8H13N3O. The Labute approximate surface area is 71.4 Å². The summed E-state index contributed by atoms with van der Waals surface area (Å²) < 4.78 is 0. The van der Waals surface area contributed by atoms with Crippen LogP contribution in [0.25, 0.3) is 0 Å². The molecule has 1 heterocycles. The maximum atomic E-state index is 10.7. The fraction of sp³-hybridized carbons (Fsp3) is 0.875. The van der Waals surface area contributed by atoms with Crippen LogP contribution < -0.4 is 5.32 Å². The molecule has 1 spiro atoms. The van der Waals surface area contributed by atoms with E-state index in [1.165, 1.54) is 0 Å². The van der Waals surface area contributed by atoms with Crippen LogP contribution in [-0.2, 0) is 4.79 Å². The highest BCUT2D eigenvalue weighted by atomic mass is 16.1. The fourth-order valence-electron chi connectivity index (χ4n) is 1.78. The van der Waals surface area contributed by atoms with E-state index in [0.717, 1.165) is 25.7 Å². The normalized spacial score (nSPS) is 25.8. The molecule has 1 amide bonds. The van der Waals surface area contributed by atoms with Crippen molar-refractivity contribution in [3.63, 3.8) is 0 Å². The van der Waals surface area contributed by atoms with Gasteiger partial charge in [0.1, 0.15) is 0 Å². The highest BCUT2D eigenvalue weighted by Crippen LogP contribution is 2.42. The number of hydrogen-bond donors (Lipinski definition) is 1. The van der Waals surface area contributed by atoms with E-state index < -0.39 is 0 Å². The number of nitrogens with one attached hydrogen (secondary N) is 1. The van der Waals surface area contributed by atoms with Crippen molar-refractivity contribution in [3.05, 3.63) is 0 Å². The van der Waals surface area contributed by atoms with Crippen LogP contribution >= 0.6 is 0 Å². The summed E-state index contributed by atoms with van der Waals surface area (Å²) in [5.74, 6) is 0.0700. The number of amides is 1. The van der Waals surface area contributed by atoms with Crippen LogP contribution in [-0.4, -0.2) is 17.6 Å². The van der Waals surface area contributed by atoms with Crippen molar-refractivity contribution < 1.29 is 4.79 Å². The van der Waals surface area contributed by atoms with E-state index in [1.54, 1.807) is 6.92 Å². The van der Waals surface area contributed by atoms with Gasteiger partial charge in [-0.3, -0.25) is 4.79 Å². The van der Waals surface area contributed by atoms with Crippen LogP contribution in [0.3, 0.4) is 0 Å². The SMILES string of the molecule is CC(=O)NC1CCC2(CC1)N=N2. The van der Waals surface area contributed by atoms with E-state index in [9.17, 15) is 4.79 Å². The molecule has 2 aliphatic rings. The van der Waals surface area contributed by atoms with Crippen molar-refractivity contribution in [2.75, 3.05) is 0 Å². The Bertz CT molecular complexity index is 220. The average Bonchev–Trinajstić information content (AvgIpc) is 2.75. The molecule has 1 saturated carbocycles. The topological polar surface area (TPSA) is 53.8 Å². The van der Waals surface area contributed by atoms with Crippen LogP contribution in [0.2, 0.25) is 0 Å². The Morgan fingerprint density at radius 1 is 1.42 bits per heavy atom. The number of rotatable bonds is 1. The molecule has 0 bridgehead atoms. The minimum atomic E-state index is -0.00499. The predicted octanol–water partition coefficient (Wildman–Crippen LogP) is 1.23. The summed E-state index contributed by atoms with van der Waals surface area (Å²) in [6.07, 6.45) is 4.06. The van der Waals surface area contributed by atoms with E-state index in [-0.39, 0.29) is 11.6 Å². The van der Waals surface area contributed by atoms with Gasteiger partial charge in [-0.25, -0.2) is 0 Å². The van der Waals surface area contributed by atoms with Gasteiger partial charge < -0.3 is 5.32 Å². The molecule has 1 N–H and O–H groups in total. The second-order valence-corrected chi connectivity index (χ2v) is 3.66. The molecule has 1 aliphatic carbocycles. The summed E-state index contributed by atoms with van der Waals surface area (Å²) in [7, 11) is 0. The van der Waals surface area contributed by atoms with E-state index in [4.69, 9.17) is 0 Å². The molecule has 66 valence electrons. The monoisotopic (exact) mass is 167 g/mol. The van der Waals surface area contributed by atoms with Crippen molar-refractivity contribution in [1.82, 2.24) is 5.32 Å². The van der Waals surface area contributed by atoms with Gasteiger partial charge in [0.15, 0.2) is 5.66 Å². The summed E-state index contributed by atoms with van der Waals surface area (Å²) in [6, 6.07) is 0.360. The quantitative estimate of drug-likeness (QED) is 0.627. The lowest BCUT2D eigenvalue weighted by Crippen LogP contribution is -2.38. The summed E-state index contributed by atoms with van der Waals surface area (Å²) in [4.78, 5) is 10.7. The van der Waals surface area contributed by atoms with Gasteiger partial charge in [-0.1, -0.05) is 0 Å². The second-order valence-electron chi connectivity index (χ2n) is 3.66. The number of carbonyl (C=O) groups is 1. The van der Waals surface area contributed by atoms with E-state index in [0.29, 0.717) is 6.04 Å². The molecule has 4 nitrogen and oxygen atoms in total. The molecule has 0 aromatic carbocycles. The fourth-order valence-corrected chi connectivity index (χ4v) is 1.78. The van der Waals surface area contributed by atoms with Gasteiger partial charge in [-0.05, 0) is 25.7 Å². The molecule has 0 unspecified atom stereocenters. The first kappa shape index (κ1) is 7.71. The zero-order valence-corrected chi connectivity index (χ0v) is 7.21. The first-order valence-corrected chi connectivity index (χ1v) is 4.41. The number of hydrogen-bond acceptors (Lipinski definition) is 3. The van der Waals surface area contributed by atoms with Gasteiger partial charge in [0.05, 0.1) is 0 Å². The first-order valence-electron chi connectivity index (χ1n) is 4.41. The summed E-state index contributed by atoms with van der Waals surface area (Å²) in [5.41, 5.74) is -0.00499. The Hall–Kier alpha value is -0.930. The van der Waals surface area contributed by atoms with Crippen LogP contribution in [0, 0.1) is 0 Å². The first-order chi connectivity index (χ1) is 5.70. The Balaban J connectivity index is 1.78. The average molecular weight is 167 g/mol. The maximum Gasteiger partial charge on any atom is 0.217 e. The van der Waals surface area contributed by atoms with Crippen LogP contribution in [0.4, 0.5) is 0 Å². The predicted molar refractivity (Wildman–Crippen MR) is 43.7 cm³/mol. The van der Waals surface area contributed by atoms with Gasteiger partial charge in [-0.2, -0.15) is 10.2 Å². The zero-order valence-electron chi connectivity index (χ0n) is 7.21. The minimum absolute atomic E-state index is 0.00499. The van der Waals surface area contributed by atoms with Gasteiger partial charge >= 0.3 is 0 Å². The summed E-state index contributed by atoms with van der Waals surface area (Å²) >= 11 is 0. The lowest BCUT2D eigenvalue weighted by molar-refractivity contribution is -0.119.